The molecule has 0 saturated heterocycles. The lowest BCUT2D eigenvalue weighted by Crippen LogP contribution is -2.57. The molecule has 4 amide bonds. The lowest BCUT2D eigenvalue weighted by molar-refractivity contribution is -0.143. The van der Waals surface area contributed by atoms with Gasteiger partial charge in [0.2, 0.25) is 23.6 Å². The molecule has 0 saturated carbocycles. The smallest absolute Gasteiger partial charge is 0.326 e. The van der Waals surface area contributed by atoms with Gasteiger partial charge in [0.05, 0.1) is 12.5 Å². The minimum atomic E-state index is -1.60. The average Bonchev–Trinajstić information content (AvgIpc) is 2.86. The van der Waals surface area contributed by atoms with Crippen LogP contribution in [0.25, 0.3) is 0 Å². The van der Waals surface area contributed by atoms with Crippen molar-refractivity contribution in [3.8, 4) is 5.75 Å². The van der Waals surface area contributed by atoms with Crippen LogP contribution >= 0.6 is 0 Å². The van der Waals surface area contributed by atoms with E-state index in [0.29, 0.717) is 24.9 Å². The first-order valence-corrected chi connectivity index (χ1v) is 12.2. The third kappa shape index (κ3) is 12.7. The van der Waals surface area contributed by atoms with Crippen molar-refractivity contribution in [1.82, 2.24) is 16.0 Å². The van der Waals surface area contributed by atoms with E-state index in [0.717, 1.165) is 0 Å². The molecule has 1 aromatic carbocycles. The highest BCUT2D eigenvalue weighted by atomic mass is 16.4. The first-order chi connectivity index (χ1) is 18.3. The predicted octanol–water partition coefficient (Wildman–Crippen LogP) is -2.33. The van der Waals surface area contributed by atoms with Crippen molar-refractivity contribution >= 4 is 35.6 Å². The van der Waals surface area contributed by atoms with Gasteiger partial charge in [-0.05, 0) is 56.3 Å². The third-order valence-electron chi connectivity index (χ3n) is 5.61. The molecule has 15 nitrogen and oxygen atoms in total. The van der Waals surface area contributed by atoms with E-state index in [9.17, 15) is 39.0 Å². The lowest BCUT2D eigenvalue weighted by atomic mass is 10.0. The summed E-state index contributed by atoms with van der Waals surface area (Å²) >= 11 is 0. The van der Waals surface area contributed by atoms with Gasteiger partial charge in [0.1, 0.15) is 23.9 Å². The molecule has 39 heavy (non-hydrogen) atoms. The van der Waals surface area contributed by atoms with Gasteiger partial charge in [-0.2, -0.15) is 0 Å². The van der Waals surface area contributed by atoms with E-state index in [4.69, 9.17) is 22.3 Å². The van der Waals surface area contributed by atoms with Crippen LogP contribution in [-0.4, -0.2) is 81.6 Å². The number of primary amides is 1. The Labute approximate surface area is 224 Å². The molecule has 4 unspecified atom stereocenters. The second-order valence-corrected chi connectivity index (χ2v) is 8.89. The van der Waals surface area contributed by atoms with Gasteiger partial charge in [0.25, 0.3) is 0 Å². The first-order valence-electron chi connectivity index (χ1n) is 12.2. The normalized spacial score (nSPS) is 13.8. The minimum Gasteiger partial charge on any atom is -0.508 e. The first kappa shape index (κ1) is 32.8. The summed E-state index contributed by atoms with van der Waals surface area (Å²) in [6.07, 6.45) is -0.523. The average molecular weight is 553 g/mol. The molecular formula is C24H36N6O9. The van der Waals surface area contributed by atoms with Crippen molar-refractivity contribution in [3.05, 3.63) is 29.8 Å². The highest BCUT2D eigenvalue weighted by molar-refractivity contribution is 5.96. The van der Waals surface area contributed by atoms with Crippen LogP contribution in [0, 0.1) is 0 Å². The fourth-order valence-electron chi connectivity index (χ4n) is 3.50. The Balaban J connectivity index is 2.98. The number of carbonyl (C=O) groups is 6. The van der Waals surface area contributed by atoms with E-state index in [1.807, 2.05) is 0 Å². The van der Waals surface area contributed by atoms with E-state index in [-0.39, 0.29) is 18.6 Å². The maximum absolute atomic E-state index is 13.1. The van der Waals surface area contributed by atoms with Gasteiger partial charge in [-0.15, -0.1) is 0 Å². The highest BCUT2D eigenvalue weighted by Crippen LogP contribution is 2.11. The van der Waals surface area contributed by atoms with Gasteiger partial charge in [0.15, 0.2) is 0 Å². The number of hydrogen-bond acceptors (Lipinski definition) is 9. The van der Waals surface area contributed by atoms with Gasteiger partial charge in [0, 0.05) is 6.42 Å². The molecule has 0 aliphatic carbocycles. The molecule has 0 aliphatic heterocycles. The van der Waals surface area contributed by atoms with E-state index in [1.165, 1.54) is 12.1 Å². The van der Waals surface area contributed by atoms with Crippen LogP contribution in [0.4, 0.5) is 0 Å². The van der Waals surface area contributed by atoms with Crippen LogP contribution in [0.3, 0.4) is 0 Å². The molecule has 0 aromatic heterocycles. The number of carboxylic acids is 2. The van der Waals surface area contributed by atoms with E-state index >= 15 is 0 Å². The summed E-state index contributed by atoms with van der Waals surface area (Å²) < 4.78 is 0. The second kappa shape index (κ2) is 16.6. The van der Waals surface area contributed by atoms with Crippen molar-refractivity contribution in [3.63, 3.8) is 0 Å². The SMILES string of the molecule is NCCCCC(NC(=O)C(N)Cc1ccc(O)cc1)C(=O)NC(CC(N)=O)C(=O)NC(CCC(=O)O)C(=O)O. The summed E-state index contributed by atoms with van der Waals surface area (Å²) in [4.78, 5) is 72.3. The van der Waals surface area contributed by atoms with Crippen LogP contribution in [0.15, 0.2) is 24.3 Å². The van der Waals surface area contributed by atoms with Crippen molar-refractivity contribution in [2.45, 2.75) is 69.1 Å². The molecule has 0 fully saturated rings. The Morgan fingerprint density at radius 2 is 1.36 bits per heavy atom. The summed E-state index contributed by atoms with van der Waals surface area (Å²) in [6.45, 7) is 0.322. The quantitative estimate of drug-likeness (QED) is 0.0871. The van der Waals surface area contributed by atoms with Gasteiger partial charge in [-0.25, -0.2) is 4.79 Å². The Kier molecular flexibility index (Phi) is 13.9. The maximum Gasteiger partial charge on any atom is 0.326 e. The highest BCUT2D eigenvalue weighted by Gasteiger charge is 2.31. The Morgan fingerprint density at radius 3 is 1.90 bits per heavy atom. The zero-order valence-corrected chi connectivity index (χ0v) is 21.3. The Hall–Kier alpha value is -4.24. The largest absolute Gasteiger partial charge is 0.508 e. The summed E-state index contributed by atoms with van der Waals surface area (Å²) in [6, 6.07) is 0.603. The number of carboxylic acid groups (broad SMARTS) is 2. The van der Waals surface area contributed by atoms with Gasteiger partial charge in [-0.1, -0.05) is 12.1 Å². The lowest BCUT2D eigenvalue weighted by Gasteiger charge is -2.25. The van der Waals surface area contributed by atoms with Gasteiger partial charge in [-0.3, -0.25) is 24.0 Å². The molecule has 1 aromatic rings. The molecule has 0 spiro atoms. The maximum atomic E-state index is 13.1. The van der Waals surface area contributed by atoms with Crippen LogP contribution in [0.2, 0.25) is 0 Å². The number of aliphatic carboxylic acids is 2. The molecule has 216 valence electrons. The number of phenolic OH excluding ortho intramolecular Hbond substituents is 1. The fourth-order valence-corrected chi connectivity index (χ4v) is 3.50. The summed E-state index contributed by atoms with van der Waals surface area (Å²) in [5.74, 6) is -6.33. The van der Waals surface area contributed by atoms with E-state index < -0.39 is 79.0 Å². The second-order valence-electron chi connectivity index (χ2n) is 8.89. The molecule has 15 heteroatoms. The fraction of sp³-hybridized carbons (Fsp3) is 0.500. The standard InChI is InChI=1S/C24H36N6O9/c25-10-2-1-3-16(28-21(35)15(26)11-13-4-6-14(31)7-5-13)22(36)30-18(12-19(27)32)23(37)29-17(24(38)39)8-9-20(33)34/h4-7,15-18,31H,1-3,8-12,25-26H2,(H2,27,32)(H,28,35)(H,29,37)(H,30,36)(H,33,34)(H,38,39). The number of amides is 4. The van der Waals surface area contributed by atoms with E-state index in [1.54, 1.807) is 12.1 Å². The van der Waals surface area contributed by atoms with Gasteiger partial charge >= 0.3 is 11.9 Å². The summed E-state index contributed by atoms with van der Waals surface area (Å²) in [5, 5.41) is 34.4. The number of benzene rings is 1. The van der Waals surface area contributed by atoms with Crippen LogP contribution in [0.1, 0.15) is 44.1 Å². The van der Waals surface area contributed by atoms with Crippen molar-refractivity contribution in [2.75, 3.05) is 6.54 Å². The van der Waals surface area contributed by atoms with Crippen LogP contribution < -0.4 is 33.2 Å². The van der Waals surface area contributed by atoms with Crippen LogP contribution in [0.5, 0.6) is 5.75 Å². The number of aromatic hydroxyl groups is 1. The van der Waals surface area contributed by atoms with Crippen molar-refractivity contribution in [2.24, 2.45) is 17.2 Å². The molecule has 1 rings (SSSR count). The number of phenols is 1. The topological polar surface area (TPSA) is 277 Å². The number of hydrogen-bond donors (Lipinski definition) is 9. The monoisotopic (exact) mass is 552 g/mol. The van der Waals surface area contributed by atoms with Crippen molar-refractivity contribution in [1.29, 1.82) is 0 Å². The summed E-state index contributed by atoms with van der Waals surface area (Å²) in [5.41, 5.74) is 17.4. The number of nitrogens with two attached hydrogens (primary N) is 3. The number of nitrogens with one attached hydrogen (secondary N) is 3. The molecule has 0 radical (unpaired) electrons. The Morgan fingerprint density at radius 1 is 0.795 bits per heavy atom. The van der Waals surface area contributed by atoms with E-state index in [2.05, 4.69) is 16.0 Å². The number of unbranched alkanes of at least 4 members (excludes halogenated alkanes) is 1. The molecule has 0 heterocycles. The van der Waals surface area contributed by atoms with Crippen molar-refractivity contribution < 1.29 is 44.1 Å². The molecule has 0 bridgehead atoms. The molecule has 12 N–H and O–H groups in total. The predicted molar refractivity (Wildman–Crippen MR) is 137 cm³/mol. The minimum absolute atomic E-state index is 0.0412. The van der Waals surface area contributed by atoms with Gasteiger partial charge < -0.3 is 48.5 Å². The zero-order chi connectivity index (χ0) is 29.5. The Bertz CT molecular complexity index is 1020. The molecule has 0 aliphatic rings. The third-order valence-corrected chi connectivity index (χ3v) is 5.61. The number of rotatable bonds is 18. The zero-order valence-electron chi connectivity index (χ0n) is 21.3. The summed E-state index contributed by atoms with van der Waals surface area (Å²) in [7, 11) is 0. The van der Waals surface area contributed by atoms with Crippen LogP contribution in [-0.2, 0) is 35.2 Å². The number of carbonyl (C=O) groups excluding carboxylic acids is 4. The molecular weight excluding hydrogens is 516 g/mol. The molecule has 4 atom stereocenters.